The number of halogens is 1. The maximum Gasteiger partial charge on any atom is 0.296 e. The van der Waals surface area contributed by atoms with Gasteiger partial charge in [0.1, 0.15) is 18.2 Å². The number of amides is 1. The van der Waals surface area contributed by atoms with Gasteiger partial charge in [0.25, 0.3) is 11.1 Å². The topological polar surface area (TPSA) is 86.2 Å². The molecule has 0 spiro atoms. The first-order chi connectivity index (χ1) is 17.2. The van der Waals surface area contributed by atoms with Gasteiger partial charge in [-0.2, -0.15) is 0 Å². The van der Waals surface area contributed by atoms with Crippen molar-refractivity contribution < 1.29 is 18.7 Å². The Morgan fingerprint density at radius 3 is 2.67 bits per heavy atom. The number of carbonyl (C=O) groups excluding carboxylic acids is 1. The van der Waals surface area contributed by atoms with Gasteiger partial charge in [0.2, 0.25) is 5.13 Å². The molecule has 0 aliphatic carbocycles. The van der Waals surface area contributed by atoms with E-state index in [4.69, 9.17) is 9.47 Å². The highest BCUT2D eigenvalue weighted by molar-refractivity contribution is 7.17. The van der Waals surface area contributed by atoms with E-state index in [2.05, 4.69) is 20.5 Å². The third-order valence-electron chi connectivity index (χ3n) is 5.37. The van der Waals surface area contributed by atoms with Crippen molar-refractivity contribution in [2.75, 3.05) is 19.0 Å². The van der Waals surface area contributed by atoms with Crippen LogP contribution >= 0.6 is 11.3 Å². The number of hydrogen-bond donors (Lipinski definition) is 1. The van der Waals surface area contributed by atoms with Gasteiger partial charge >= 0.3 is 0 Å². The molecule has 9 heteroatoms. The molecule has 0 saturated heterocycles. The molecule has 0 bridgehead atoms. The maximum atomic E-state index is 14.8. The fourth-order valence-electron chi connectivity index (χ4n) is 3.19. The van der Waals surface area contributed by atoms with Crippen LogP contribution in [0.3, 0.4) is 0 Å². The van der Waals surface area contributed by atoms with Gasteiger partial charge in [-0.1, -0.05) is 40.5 Å². The van der Waals surface area contributed by atoms with Crippen LogP contribution in [0.5, 0.6) is 10.9 Å². The summed E-state index contributed by atoms with van der Waals surface area (Å²) in [6, 6.07) is 6.15. The molecule has 0 aliphatic heterocycles. The third-order valence-corrected chi connectivity index (χ3v) is 6.12. The average molecular weight is 509 g/mol. The van der Waals surface area contributed by atoms with Crippen molar-refractivity contribution >= 4 is 22.4 Å². The summed E-state index contributed by atoms with van der Waals surface area (Å²) in [4.78, 5) is 17.4. The number of ether oxygens (including phenoxy) is 2. The number of hydrogen-bond acceptors (Lipinski definition) is 7. The van der Waals surface area contributed by atoms with E-state index < -0.39 is 11.7 Å². The molecule has 1 N–H and O–H groups in total. The highest BCUT2D eigenvalue weighted by atomic mass is 32.1. The van der Waals surface area contributed by atoms with Crippen molar-refractivity contribution in [1.29, 1.82) is 0 Å². The second-order valence-electron chi connectivity index (χ2n) is 8.20. The fraction of sp³-hybridized carbons (Fsp3) is 0.259. The Labute approximate surface area is 214 Å². The van der Waals surface area contributed by atoms with Crippen molar-refractivity contribution in [2.24, 2.45) is 0 Å². The lowest BCUT2D eigenvalue weighted by Crippen LogP contribution is -2.14. The molecule has 3 aromatic rings. The predicted octanol–water partition coefficient (Wildman–Crippen LogP) is 6.55. The summed E-state index contributed by atoms with van der Waals surface area (Å²) in [6.45, 7) is 10.1. The lowest BCUT2D eigenvalue weighted by Gasteiger charge is -2.14. The van der Waals surface area contributed by atoms with Crippen molar-refractivity contribution in [1.82, 2.24) is 15.2 Å². The van der Waals surface area contributed by atoms with Gasteiger partial charge < -0.3 is 9.47 Å². The second-order valence-corrected chi connectivity index (χ2v) is 9.14. The Morgan fingerprint density at radius 2 is 1.97 bits per heavy atom. The predicted molar refractivity (Wildman–Crippen MR) is 141 cm³/mol. The quantitative estimate of drug-likeness (QED) is 0.330. The SMILES string of the molecule is C/C=C(C)\C=C/C(COc1nnc(NC(=O)c2cnc(C)cc2-c2c(F)cccc2OC)s1)=C(C)C. The molecule has 0 fully saturated rings. The van der Waals surface area contributed by atoms with Crippen molar-refractivity contribution in [3.8, 4) is 22.1 Å². The number of aromatic nitrogens is 3. The first kappa shape index (κ1) is 26.7. The number of nitrogens with zero attached hydrogens (tertiary/aromatic N) is 3. The maximum absolute atomic E-state index is 14.8. The molecule has 3 rings (SSSR count). The number of anilines is 1. The van der Waals surface area contributed by atoms with Gasteiger partial charge in [-0.15, -0.1) is 5.10 Å². The second kappa shape index (κ2) is 12.2. The van der Waals surface area contributed by atoms with E-state index in [1.807, 2.05) is 45.9 Å². The molecule has 2 aromatic heterocycles. The minimum absolute atomic E-state index is 0.179. The zero-order valence-electron chi connectivity index (χ0n) is 21.2. The Bertz CT molecular complexity index is 1340. The lowest BCUT2D eigenvalue weighted by atomic mass is 9.98. The molecular formula is C27H29FN4O3S. The Balaban J connectivity index is 1.79. The first-order valence-electron chi connectivity index (χ1n) is 11.3. The minimum Gasteiger partial charge on any atom is -0.496 e. The van der Waals surface area contributed by atoms with Crippen LogP contribution in [0.2, 0.25) is 0 Å². The summed E-state index contributed by atoms with van der Waals surface area (Å²) in [5, 5.41) is 11.3. The van der Waals surface area contributed by atoms with Gasteiger partial charge in [-0.25, -0.2) is 4.39 Å². The largest absolute Gasteiger partial charge is 0.496 e. The number of pyridine rings is 1. The molecule has 36 heavy (non-hydrogen) atoms. The standard InChI is InChI=1S/C27H29FN4O3S/c1-7-17(4)11-12-19(16(2)3)15-35-27-32-31-26(36-27)30-25(33)21-14-29-18(5)13-20(21)24-22(28)9-8-10-23(24)34-6/h7-14H,15H2,1-6H3,(H,30,31,33)/b12-11-,17-7-. The smallest absolute Gasteiger partial charge is 0.296 e. The van der Waals surface area contributed by atoms with Gasteiger partial charge in [0.05, 0.1) is 18.2 Å². The van der Waals surface area contributed by atoms with Crippen LogP contribution in [0.1, 0.15) is 43.7 Å². The Hall–Kier alpha value is -3.85. The molecule has 7 nitrogen and oxygen atoms in total. The molecule has 188 valence electrons. The molecule has 2 heterocycles. The third kappa shape index (κ3) is 6.63. The molecule has 0 atom stereocenters. The van der Waals surface area contributed by atoms with E-state index in [0.29, 0.717) is 28.8 Å². The van der Waals surface area contributed by atoms with E-state index in [0.717, 1.165) is 28.1 Å². The molecule has 0 saturated carbocycles. The summed E-state index contributed by atoms with van der Waals surface area (Å²) in [7, 11) is 1.45. The van der Waals surface area contributed by atoms with Gasteiger partial charge in [0.15, 0.2) is 0 Å². The normalized spacial score (nSPS) is 11.5. The van der Waals surface area contributed by atoms with Crippen molar-refractivity contribution in [3.05, 3.63) is 82.5 Å². The summed E-state index contributed by atoms with van der Waals surface area (Å²) >= 11 is 1.10. The molecule has 0 unspecified atom stereocenters. The van der Waals surface area contributed by atoms with E-state index in [1.54, 1.807) is 25.1 Å². The van der Waals surface area contributed by atoms with E-state index in [9.17, 15) is 9.18 Å². The highest BCUT2D eigenvalue weighted by Crippen LogP contribution is 2.35. The van der Waals surface area contributed by atoms with Crippen molar-refractivity contribution in [2.45, 2.75) is 34.6 Å². The van der Waals surface area contributed by atoms with Crippen LogP contribution < -0.4 is 14.8 Å². The fourth-order valence-corrected chi connectivity index (χ4v) is 3.78. The zero-order valence-corrected chi connectivity index (χ0v) is 22.0. The van der Waals surface area contributed by atoms with Gasteiger partial charge in [0, 0.05) is 17.5 Å². The van der Waals surface area contributed by atoms with E-state index in [1.165, 1.54) is 19.4 Å². The van der Waals surface area contributed by atoms with Gasteiger partial charge in [-0.3, -0.25) is 15.1 Å². The molecule has 0 radical (unpaired) electrons. The number of rotatable bonds is 9. The van der Waals surface area contributed by atoms with Crippen LogP contribution in [-0.2, 0) is 0 Å². The summed E-state index contributed by atoms with van der Waals surface area (Å²) in [6.07, 6.45) is 7.47. The Morgan fingerprint density at radius 1 is 1.19 bits per heavy atom. The van der Waals surface area contributed by atoms with Crippen LogP contribution in [0.25, 0.3) is 11.1 Å². The summed E-state index contributed by atoms with van der Waals surface area (Å²) < 4.78 is 25.9. The summed E-state index contributed by atoms with van der Waals surface area (Å²) in [5.41, 5.74) is 4.65. The van der Waals surface area contributed by atoms with E-state index >= 15 is 0 Å². The van der Waals surface area contributed by atoms with Crippen LogP contribution in [0, 0.1) is 12.7 Å². The van der Waals surface area contributed by atoms with Crippen molar-refractivity contribution in [3.63, 3.8) is 0 Å². The number of carbonyl (C=O) groups is 1. The number of allylic oxidation sites excluding steroid dienone is 4. The van der Waals surface area contributed by atoms with Crippen LogP contribution in [-0.4, -0.2) is 34.8 Å². The minimum atomic E-state index is -0.505. The molecule has 1 aromatic carbocycles. The molecule has 1 amide bonds. The monoisotopic (exact) mass is 508 g/mol. The summed E-state index contributed by atoms with van der Waals surface area (Å²) in [5.74, 6) is -0.690. The first-order valence-corrected chi connectivity index (χ1v) is 12.1. The highest BCUT2D eigenvalue weighted by Gasteiger charge is 2.21. The number of nitrogens with one attached hydrogen (secondary N) is 1. The van der Waals surface area contributed by atoms with Crippen LogP contribution in [0.15, 0.2) is 65.4 Å². The number of benzene rings is 1. The molecular weight excluding hydrogens is 479 g/mol. The van der Waals surface area contributed by atoms with E-state index in [-0.39, 0.29) is 16.3 Å². The number of methoxy groups -OCH3 is 1. The van der Waals surface area contributed by atoms with Crippen LogP contribution in [0.4, 0.5) is 9.52 Å². The average Bonchev–Trinajstić information content (AvgIpc) is 3.30. The van der Waals surface area contributed by atoms with Gasteiger partial charge in [-0.05, 0) is 69.7 Å². The zero-order chi connectivity index (χ0) is 26.2. The Kier molecular flexibility index (Phi) is 9.08. The number of aryl methyl sites for hydroxylation is 1. The lowest BCUT2D eigenvalue weighted by molar-refractivity contribution is 0.102. The molecule has 0 aliphatic rings.